The van der Waals surface area contributed by atoms with Crippen LogP contribution in [0, 0.1) is 5.82 Å². The van der Waals surface area contributed by atoms with Gasteiger partial charge in [-0.05, 0) is 44.5 Å². The van der Waals surface area contributed by atoms with E-state index >= 15 is 4.39 Å². The molecule has 2 aromatic carbocycles. The van der Waals surface area contributed by atoms with Crippen LogP contribution < -0.4 is 10.6 Å². The van der Waals surface area contributed by atoms with Crippen LogP contribution in [0.3, 0.4) is 0 Å². The third-order valence-electron chi connectivity index (χ3n) is 8.13. The monoisotopic (exact) mass is 562 g/mol. The van der Waals surface area contributed by atoms with Crippen LogP contribution in [0.25, 0.3) is 0 Å². The van der Waals surface area contributed by atoms with E-state index in [1.807, 2.05) is 52.6 Å². The molecule has 0 bridgehead atoms. The van der Waals surface area contributed by atoms with Gasteiger partial charge in [0.15, 0.2) is 0 Å². The molecule has 3 atom stereocenters. The molecule has 1 aliphatic rings. The first-order valence-corrected chi connectivity index (χ1v) is 14.2. The van der Waals surface area contributed by atoms with E-state index < -0.39 is 10.8 Å². The van der Waals surface area contributed by atoms with Crippen molar-refractivity contribution >= 4 is 47.7 Å². The Balaban J connectivity index is 1.92. The van der Waals surface area contributed by atoms with Gasteiger partial charge in [0.25, 0.3) is 0 Å². The van der Waals surface area contributed by atoms with E-state index in [0.29, 0.717) is 40.9 Å². The highest BCUT2D eigenvalue weighted by molar-refractivity contribution is 6.41. The smallest absolute Gasteiger partial charge is 0.231 e. The normalized spacial score (nSPS) is 19.4. The van der Waals surface area contributed by atoms with Gasteiger partial charge in [-0.25, -0.2) is 4.39 Å². The molecule has 1 saturated heterocycles. The van der Waals surface area contributed by atoms with Crippen molar-refractivity contribution in [3.8, 4) is 0 Å². The molecule has 3 rings (SSSR count). The topological polar surface area (TPSA) is 91.0 Å². The van der Waals surface area contributed by atoms with E-state index in [9.17, 15) is 14.4 Å². The number of rotatable bonds is 13. The first-order chi connectivity index (χ1) is 19.4. The lowest BCUT2D eigenvalue weighted by atomic mass is 9.57. The Morgan fingerprint density at radius 3 is 2.41 bits per heavy atom. The van der Waals surface area contributed by atoms with E-state index in [-0.39, 0.29) is 36.9 Å². The summed E-state index contributed by atoms with van der Waals surface area (Å²) in [7, 11) is 8.97. The number of nitrogens with one attached hydrogen (secondary N) is 2. The second-order valence-corrected chi connectivity index (χ2v) is 11.9. The van der Waals surface area contributed by atoms with E-state index in [0.717, 1.165) is 25.7 Å². The Morgan fingerprint density at radius 1 is 1.15 bits per heavy atom. The zero-order valence-electron chi connectivity index (χ0n) is 25.4. The maximum atomic E-state index is 16.0. The minimum absolute atomic E-state index is 0.0912. The molecule has 0 radical (unpaired) electrons. The molecule has 1 aliphatic heterocycles. The molecule has 3 unspecified atom stereocenters. The number of ether oxygens (including phenoxy) is 1. The van der Waals surface area contributed by atoms with Crippen molar-refractivity contribution in [3.63, 3.8) is 0 Å². The Morgan fingerprint density at radius 2 is 1.80 bits per heavy atom. The van der Waals surface area contributed by atoms with Gasteiger partial charge >= 0.3 is 0 Å². The lowest BCUT2D eigenvalue weighted by molar-refractivity contribution is -0.128. The van der Waals surface area contributed by atoms with Crippen molar-refractivity contribution < 1.29 is 23.5 Å². The van der Waals surface area contributed by atoms with Crippen molar-refractivity contribution in [2.75, 3.05) is 32.5 Å². The number of likely N-dealkylation sites (N-methyl/N-ethyl adjacent to an activating group) is 2. The van der Waals surface area contributed by atoms with Gasteiger partial charge in [-0.3, -0.25) is 19.4 Å². The quantitative estimate of drug-likeness (QED) is 0.267. The number of carbonyl (C=O) groups is 3. The molecule has 12 heteroatoms. The van der Waals surface area contributed by atoms with E-state index in [4.69, 9.17) is 4.74 Å². The van der Waals surface area contributed by atoms with E-state index in [1.165, 1.54) is 0 Å². The standard InChI is InChI=1S/C29H42B3FN4O4/c1-19-14-37(15-20(2)41-19)16-21-8-5-10-24(26(21)33)29(31,32)35-25-11-6-9-22(18-39)23(25)17-36(4)28(30,12-7-13-38)27(40)34-3/h5-6,8-11,13,18-20,35H,7,12,14-17,30-32H2,1-4H3,(H,34,40). The molecule has 8 nitrogen and oxygen atoms in total. The second-order valence-electron chi connectivity index (χ2n) is 11.9. The maximum Gasteiger partial charge on any atom is 0.231 e. The number of carbonyl (C=O) groups excluding carboxylic acids is 3. The summed E-state index contributed by atoms with van der Waals surface area (Å²) < 4.78 is 21.9. The van der Waals surface area contributed by atoms with Gasteiger partial charge in [-0.1, -0.05) is 30.3 Å². The maximum absolute atomic E-state index is 16.0. The van der Waals surface area contributed by atoms with Gasteiger partial charge in [0.05, 0.1) is 17.6 Å². The van der Waals surface area contributed by atoms with Crippen LogP contribution >= 0.6 is 0 Å². The van der Waals surface area contributed by atoms with Crippen LogP contribution in [0.15, 0.2) is 36.4 Å². The zero-order valence-corrected chi connectivity index (χ0v) is 25.4. The number of anilines is 1. The van der Waals surface area contributed by atoms with Gasteiger partial charge in [0, 0.05) is 61.8 Å². The Bertz CT molecular complexity index is 1240. The lowest BCUT2D eigenvalue weighted by Gasteiger charge is -2.38. The van der Waals surface area contributed by atoms with Gasteiger partial charge in [0.2, 0.25) is 5.91 Å². The number of nitrogens with zero attached hydrogens (tertiary/aromatic N) is 2. The zero-order chi connectivity index (χ0) is 30.4. The third kappa shape index (κ3) is 7.67. The van der Waals surface area contributed by atoms with E-state index in [1.54, 1.807) is 40.1 Å². The molecular weight excluding hydrogens is 520 g/mol. The van der Waals surface area contributed by atoms with Crippen molar-refractivity contribution in [2.24, 2.45) is 0 Å². The number of benzene rings is 2. The summed E-state index contributed by atoms with van der Waals surface area (Å²) >= 11 is 0. The van der Waals surface area contributed by atoms with Gasteiger partial charge in [-0.15, -0.1) is 0 Å². The van der Waals surface area contributed by atoms with Crippen molar-refractivity contribution in [1.82, 2.24) is 15.1 Å². The predicted octanol–water partition coefficient (Wildman–Crippen LogP) is 0.222. The van der Waals surface area contributed by atoms with Crippen molar-refractivity contribution in [3.05, 3.63) is 64.5 Å². The summed E-state index contributed by atoms with van der Waals surface area (Å²) in [6.45, 7) is 6.30. The summed E-state index contributed by atoms with van der Waals surface area (Å²) in [4.78, 5) is 40.2. The molecule has 0 aromatic heterocycles. The fourth-order valence-corrected chi connectivity index (χ4v) is 5.75. The van der Waals surface area contributed by atoms with Gasteiger partial charge in [-0.2, -0.15) is 0 Å². The number of hydrogen-bond acceptors (Lipinski definition) is 7. The number of amides is 1. The highest BCUT2D eigenvalue weighted by atomic mass is 19.1. The molecular formula is C29H42B3FN4O4. The molecule has 1 amide bonds. The predicted molar refractivity (Wildman–Crippen MR) is 168 cm³/mol. The van der Waals surface area contributed by atoms with Gasteiger partial charge in [0.1, 0.15) is 41.9 Å². The average molecular weight is 562 g/mol. The van der Waals surface area contributed by atoms with Crippen LogP contribution in [-0.4, -0.2) is 96.6 Å². The summed E-state index contributed by atoms with van der Waals surface area (Å²) in [5.74, 6) is -0.480. The van der Waals surface area contributed by atoms with Crippen LogP contribution in [0.2, 0.25) is 0 Å². The fourth-order valence-electron chi connectivity index (χ4n) is 5.75. The number of halogens is 1. The molecule has 2 aromatic rings. The van der Waals surface area contributed by atoms with Crippen LogP contribution in [0.1, 0.15) is 53.7 Å². The first kappa shape index (κ1) is 32.6. The fraction of sp³-hybridized carbons (Fsp3) is 0.483. The lowest BCUT2D eigenvalue weighted by Crippen LogP contribution is -2.57. The Kier molecular flexibility index (Phi) is 11.0. The van der Waals surface area contributed by atoms with E-state index in [2.05, 4.69) is 15.5 Å². The molecule has 0 aliphatic carbocycles. The number of hydrogen-bond donors (Lipinski definition) is 2. The Hall–Kier alpha value is -2.95. The van der Waals surface area contributed by atoms with Crippen LogP contribution in [0.5, 0.6) is 0 Å². The van der Waals surface area contributed by atoms with Crippen LogP contribution in [-0.2, 0) is 32.8 Å². The van der Waals surface area contributed by atoms with Gasteiger partial charge < -0.3 is 20.2 Å². The summed E-state index contributed by atoms with van der Waals surface area (Å²) in [6.07, 6.45) is 2.31. The molecule has 0 saturated carbocycles. The number of morpholine rings is 1. The SMILES string of the molecule is BC(B)(Nc1cccc(C=O)c1CN(C)C(B)(CCC=O)C(=O)NC)c1cccc(CN2CC(C)OC(C)C2)c1F. The molecule has 0 spiro atoms. The minimum Gasteiger partial charge on any atom is -0.391 e. The molecule has 1 fully saturated rings. The molecule has 2 N–H and O–H groups in total. The molecule has 218 valence electrons. The summed E-state index contributed by atoms with van der Waals surface area (Å²) in [6, 6.07) is 10.9. The average Bonchev–Trinajstić information content (AvgIpc) is 2.92. The highest BCUT2D eigenvalue weighted by Gasteiger charge is 2.37. The van der Waals surface area contributed by atoms with Crippen molar-refractivity contribution in [2.45, 2.75) is 62.8 Å². The minimum atomic E-state index is -0.979. The second kappa shape index (κ2) is 13.8. The first-order valence-electron chi connectivity index (χ1n) is 14.2. The molecule has 1 heterocycles. The highest BCUT2D eigenvalue weighted by Crippen LogP contribution is 2.31. The van der Waals surface area contributed by atoms with Crippen LogP contribution in [0.4, 0.5) is 10.1 Å². The third-order valence-corrected chi connectivity index (χ3v) is 8.13. The summed E-state index contributed by atoms with van der Waals surface area (Å²) in [5, 5.41) is 5.36. The summed E-state index contributed by atoms with van der Waals surface area (Å²) in [5.41, 5.74) is 1.98. The largest absolute Gasteiger partial charge is 0.391 e. The number of aldehydes is 2. The van der Waals surface area contributed by atoms with Crippen molar-refractivity contribution in [1.29, 1.82) is 0 Å². The Labute approximate surface area is 246 Å². The molecule has 41 heavy (non-hydrogen) atoms.